The van der Waals surface area contributed by atoms with E-state index in [1.54, 1.807) is 25.1 Å². The van der Waals surface area contributed by atoms with Crippen molar-refractivity contribution >= 4 is 22.1 Å². The molecule has 0 saturated heterocycles. The van der Waals surface area contributed by atoms with Crippen LogP contribution in [-0.4, -0.2) is 41.2 Å². The van der Waals surface area contributed by atoms with Crippen LogP contribution in [-0.2, 0) is 19.7 Å². The van der Waals surface area contributed by atoms with Crippen molar-refractivity contribution in [3.05, 3.63) is 29.8 Å². The predicted molar refractivity (Wildman–Crippen MR) is 68.9 cm³/mol. The maximum atomic E-state index is 10.6. The number of carbonyl (C=O) groups is 2. The van der Waals surface area contributed by atoms with Gasteiger partial charge in [-0.15, -0.1) is 0 Å². The number of aryl methyl sites for hydroxylation is 1. The van der Waals surface area contributed by atoms with Gasteiger partial charge in [0.25, 0.3) is 10.1 Å². The molecule has 0 aromatic heterocycles. The Bertz CT molecular complexity index is 582. The zero-order valence-corrected chi connectivity index (χ0v) is 11.4. The van der Waals surface area contributed by atoms with Crippen LogP contribution in [0.15, 0.2) is 29.2 Å². The smallest absolute Gasteiger partial charge is 0.321 e. The fourth-order valence-electron chi connectivity index (χ4n) is 1.12. The van der Waals surface area contributed by atoms with Crippen molar-refractivity contribution in [1.29, 1.82) is 0 Å². The summed E-state index contributed by atoms with van der Waals surface area (Å²) in [6, 6.07) is 4.98. The average molecular weight is 305 g/mol. The van der Waals surface area contributed by atoms with Gasteiger partial charge in [-0.25, -0.2) is 0 Å². The van der Waals surface area contributed by atoms with Crippen LogP contribution < -0.4 is 5.73 Å². The molecule has 1 aromatic carbocycles. The van der Waals surface area contributed by atoms with Crippen molar-refractivity contribution in [3.8, 4) is 0 Å². The van der Waals surface area contributed by atoms with Crippen LogP contribution in [0.2, 0.25) is 0 Å². The summed E-state index contributed by atoms with van der Waals surface area (Å²) in [4.78, 5) is 19.6. The van der Waals surface area contributed by atoms with Crippen LogP contribution in [0.5, 0.6) is 0 Å². The Labute approximate surface area is 115 Å². The summed E-state index contributed by atoms with van der Waals surface area (Å²) in [6.45, 7) is 1.63. The molecule has 0 aliphatic heterocycles. The Balaban J connectivity index is 0.000000370. The molecule has 1 rings (SSSR count). The van der Waals surface area contributed by atoms with E-state index in [2.05, 4.69) is 0 Å². The Hall–Kier alpha value is -1.97. The van der Waals surface area contributed by atoms with Crippen molar-refractivity contribution in [1.82, 2.24) is 0 Å². The van der Waals surface area contributed by atoms with Gasteiger partial charge in [-0.1, -0.05) is 18.2 Å². The molecule has 1 aromatic rings. The summed E-state index contributed by atoms with van der Waals surface area (Å²) < 4.78 is 29.9. The van der Waals surface area contributed by atoms with Gasteiger partial charge in [0.05, 0.1) is 11.3 Å². The summed E-state index contributed by atoms with van der Waals surface area (Å²) in [5.74, 6) is -2.50. The maximum absolute atomic E-state index is 10.6. The van der Waals surface area contributed by atoms with Gasteiger partial charge in [-0.2, -0.15) is 8.42 Å². The van der Waals surface area contributed by atoms with E-state index in [0.717, 1.165) is 0 Å². The minimum absolute atomic E-state index is 0.0278. The first-order valence-corrected chi connectivity index (χ1v) is 6.73. The van der Waals surface area contributed by atoms with Crippen molar-refractivity contribution in [2.24, 2.45) is 5.73 Å². The second-order valence-corrected chi connectivity index (χ2v) is 5.17. The Morgan fingerprint density at radius 3 is 2.00 bits per heavy atom. The number of hydrogen-bond donors (Lipinski definition) is 4. The van der Waals surface area contributed by atoms with Crippen LogP contribution in [0.3, 0.4) is 0 Å². The van der Waals surface area contributed by atoms with E-state index >= 15 is 0 Å². The first kappa shape index (κ1) is 18.0. The first-order chi connectivity index (χ1) is 9.05. The number of hydrogen-bond acceptors (Lipinski definition) is 5. The van der Waals surface area contributed by atoms with Gasteiger partial charge >= 0.3 is 11.9 Å². The summed E-state index contributed by atoms with van der Waals surface area (Å²) >= 11 is 0. The molecule has 0 bridgehead atoms. The highest BCUT2D eigenvalue weighted by atomic mass is 32.2. The van der Waals surface area contributed by atoms with Crippen molar-refractivity contribution in [2.75, 3.05) is 0 Å². The zero-order chi connectivity index (χ0) is 15.9. The lowest BCUT2D eigenvalue weighted by Gasteiger charge is -1.99. The highest BCUT2D eigenvalue weighted by molar-refractivity contribution is 7.85. The molecule has 112 valence electrons. The topological polar surface area (TPSA) is 155 Å². The van der Waals surface area contributed by atoms with Gasteiger partial charge in [0.2, 0.25) is 0 Å². The van der Waals surface area contributed by atoms with E-state index < -0.39 is 34.5 Å². The highest BCUT2D eigenvalue weighted by Gasteiger charge is 2.14. The average Bonchev–Trinajstić information content (AvgIpc) is 2.27. The molecule has 1 unspecified atom stereocenters. The Morgan fingerprint density at radius 2 is 1.75 bits per heavy atom. The zero-order valence-electron chi connectivity index (χ0n) is 10.6. The molecule has 0 spiro atoms. The summed E-state index contributed by atoms with van der Waals surface area (Å²) in [5, 5.41) is 16.0. The minimum Gasteiger partial charge on any atom is -0.481 e. The molecule has 0 saturated carbocycles. The van der Waals surface area contributed by atoms with Gasteiger partial charge in [0.1, 0.15) is 6.04 Å². The molecule has 0 aliphatic rings. The number of aliphatic carboxylic acids is 2. The molecule has 20 heavy (non-hydrogen) atoms. The van der Waals surface area contributed by atoms with Crippen LogP contribution >= 0.6 is 0 Å². The van der Waals surface area contributed by atoms with Crippen LogP contribution in [0, 0.1) is 6.92 Å². The van der Waals surface area contributed by atoms with E-state index in [0.29, 0.717) is 5.56 Å². The number of benzene rings is 1. The third kappa shape index (κ3) is 6.83. The van der Waals surface area contributed by atoms with Crippen molar-refractivity contribution in [2.45, 2.75) is 24.3 Å². The molecular formula is C11H15NO7S. The van der Waals surface area contributed by atoms with E-state index in [-0.39, 0.29) is 4.90 Å². The molecule has 0 aliphatic carbocycles. The summed E-state index contributed by atoms with van der Waals surface area (Å²) in [6.07, 6.45) is -0.532. The van der Waals surface area contributed by atoms with Gasteiger partial charge in [-0.05, 0) is 18.6 Å². The monoisotopic (exact) mass is 305 g/mol. The molecule has 0 fully saturated rings. The van der Waals surface area contributed by atoms with E-state index in [1.165, 1.54) is 6.07 Å². The summed E-state index contributed by atoms with van der Waals surface area (Å²) in [5.41, 5.74) is 5.39. The van der Waals surface area contributed by atoms with E-state index in [9.17, 15) is 18.0 Å². The van der Waals surface area contributed by atoms with Crippen LogP contribution in [0.25, 0.3) is 0 Å². The number of nitrogens with two attached hydrogens (primary N) is 1. The molecule has 8 nitrogen and oxygen atoms in total. The molecule has 0 radical (unpaired) electrons. The normalized spacial score (nSPS) is 11.9. The quantitative estimate of drug-likeness (QED) is 0.571. The second kappa shape index (κ2) is 7.58. The fraction of sp³-hybridized carbons (Fsp3) is 0.273. The second-order valence-electron chi connectivity index (χ2n) is 3.78. The highest BCUT2D eigenvalue weighted by Crippen LogP contribution is 2.12. The lowest BCUT2D eigenvalue weighted by atomic mass is 10.2. The predicted octanol–water partition coefficient (Wildman–Crippen LogP) is 0.115. The SMILES string of the molecule is Cc1ccccc1S(=O)(=O)O.NC(CC(=O)O)C(=O)O. The van der Waals surface area contributed by atoms with E-state index in [4.69, 9.17) is 20.5 Å². The minimum atomic E-state index is -4.03. The van der Waals surface area contributed by atoms with Gasteiger partial charge in [-0.3, -0.25) is 14.1 Å². The summed E-state index contributed by atoms with van der Waals surface area (Å²) in [7, 11) is -4.03. The van der Waals surface area contributed by atoms with Gasteiger partial charge < -0.3 is 15.9 Å². The largest absolute Gasteiger partial charge is 0.481 e. The molecule has 0 amide bonds. The van der Waals surface area contributed by atoms with Gasteiger partial charge in [0.15, 0.2) is 0 Å². The maximum Gasteiger partial charge on any atom is 0.321 e. The fourth-order valence-corrected chi connectivity index (χ4v) is 1.85. The first-order valence-electron chi connectivity index (χ1n) is 5.29. The van der Waals surface area contributed by atoms with Gasteiger partial charge in [0, 0.05) is 0 Å². The van der Waals surface area contributed by atoms with Crippen molar-refractivity contribution in [3.63, 3.8) is 0 Å². The molecular weight excluding hydrogens is 290 g/mol. The number of rotatable bonds is 4. The number of carboxylic acid groups (broad SMARTS) is 2. The third-order valence-corrected chi connectivity index (χ3v) is 3.10. The lowest BCUT2D eigenvalue weighted by Crippen LogP contribution is -2.32. The lowest BCUT2D eigenvalue weighted by molar-refractivity contribution is -0.144. The standard InChI is InChI=1S/C7H8O3S.C4H7NO4/c1-6-4-2-3-5-7(6)11(8,9)10;5-2(4(8)9)1-3(6)7/h2-5H,1H3,(H,8,9,10);2H,1,5H2,(H,6,7)(H,8,9). The number of carboxylic acids is 2. The Kier molecular flexibility index (Phi) is 6.83. The third-order valence-electron chi connectivity index (χ3n) is 2.08. The Morgan fingerprint density at radius 1 is 1.25 bits per heavy atom. The molecule has 5 N–H and O–H groups in total. The van der Waals surface area contributed by atoms with Crippen LogP contribution in [0.1, 0.15) is 12.0 Å². The molecule has 1 atom stereocenters. The van der Waals surface area contributed by atoms with Crippen molar-refractivity contribution < 1.29 is 32.8 Å². The van der Waals surface area contributed by atoms with E-state index in [1.807, 2.05) is 0 Å². The molecule has 9 heteroatoms. The molecule has 0 heterocycles. The van der Waals surface area contributed by atoms with Crippen LogP contribution in [0.4, 0.5) is 0 Å².